The highest BCUT2D eigenvalue weighted by molar-refractivity contribution is 5.97. The average Bonchev–Trinajstić information content (AvgIpc) is 3.66. The number of ether oxygens (including phenoxy) is 1. The fourth-order valence-electron chi connectivity index (χ4n) is 6.16. The summed E-state index contributed by atoms with van der Waals surface area (Å²) in [4.78, 5) is 41.4. The van der Waals surface area contributed by atoms with Crippen LogP contribution >= 0.6 is 0 Å². The summed E-state index contributed by atoms with van der Waals surface area (Å²) in [7, 11) is 0. The van der Waals surface area contributed by atoms with E-state index >= 15 is 0 Å². The van der Waals surface area contributed by atoms with Gasteiger partial charge < -0.3 is 20.7 Å². The van der Waals surface area contributed by atoms with Gasteiger partial charge in [-0.1, -0.05) is 56.4 Å². The standard InChI is InChI=1S/C28H41N5O4/c1-2-37-24(34)18-31-23(15-19-7-4-3-5-8-19)26(35)33-14-6-9-22-16-28(22,33)27(36)32-17-20-10-12-21(13-11-20)25(29)30/h10-13,19,22-23,31H,2-9,14-18H2,1H3,(H3,29,30)(H,32,36)/t22-,23-,28+/m1/s1. The van der Waals surface area contributed by atoms with Crippen molar-refractivity contribution >= 4 is 23.6 Å². The third kappa shape index (κ3) is 6.32. The van der Waals surface area contributed by atoms with Crippen LogP contribution in [0, 0.1) is 17.2 Å². The minimum atomic E-state index is -0.801. The van der Waals surface area contributed by atoms with E-state index in [1.807, 2.05) is 12.1 Å². The first kappa shape index (κ1) is 27.1. The summed E-state index contributed by atoms with van der Waals surface area (Å²) < 4.78 is 5.08. The first-order chi connectivity index (χ1) is 17.8. The molecular weight excluding hydrogens is 470 g/mol. The van der Waals surface area contributed by atoms with E-state index in [1.54, 1.807) is 24.0 Å². The van der Waals surface area contributed by atoms with Crippen LogP contribution in [0.3, 0.4) is 0 Å². The zero-order valence-corrected chi connectivity index (χ0v) is 21.9. The molecule has 1 heterocycles. The molecule has 0 spiro atoms. The van der Waals surface area contributed by atoms with Crippen LogP contribution in [0.5, 0.6) is 0 Å². The van der Waals surface area contributed by atoms with Crippen molar-refractivity contribution in [2.24, 2.45) is 17.6 Å². The van der Waals surface area contributed by atoms with Gasteiger partial charge in [0.25, 0.3) is 0 Å². The predicted molar refractivity (Wildman–Crippen MR) is 141 cm³/mol. The van der Waals surface area contributed by atoms with Gasteiger partial charge in [0.05, 0.1) is 19.2 Å². The Kier molecular flexibility index (Phi) is 8.84. The van der Waals surface area contributed by atoms with E-state index in [2.05, 4.69) is 10.6 Å². The van der Waals surface area contributed by atoms with Crippen LogP contribution in [0.2, 0.25) is 0 Å². The molecule has 1 aromatic carbocycles. The van der Waals surface area contributed by atoms with Gasteiger partial charge in [-0.15, -0.1) is 0 Å². The number of piperidine rings is 1. The number of nitrogens with zero attached hydrogens (tertiary/aromatic N) is 1. The lowest BCUT2D eigenvalue weighted by molar-refractivity contribution is -0.147. The monoisotopic (exact) mass is 511 g/mol. The second-order valence-electron chi connectivity index (χ2n) is 10.7. The smallest absolute Gasteiger partial charge is 0.319 e. The van der Waals surface area contributed by atoms with Gasteiger partial charge in [0.2, 0.25) is 11.8 Å². The largest absolute Gasteiger partial charge is 0.465 e. The fraction of sp³-hybridized carbons (Fsp3) is 0.643. The molecule has 0 aromatic heterocycles. The van der Waals surface area contributed by atoms with Gasteiger partial charge in [-0.2, -0.15) is 0 Å². The Morgan fingerprint density at radius 2 is 1.86 bits per heavy atom. The zero-order valence-electron chi connectivity index (χ0n) is 21.9. The van der Waals surface area contributed by atoms with E-state index < -0.39 is 11.6 Å². The Balaban J connectivity index is 1.45. The normalized spacial score (nSPS) is 24.0. The van der Waals surface area contributed by atoms with Gasteiger partial charge in [-0.25, -0.2) is 0 Å². The van der Waals surface area contributed by atoms with Gasteiger partial charge >= 0.3 is 5.97 Å². The number of nitrogens with two attached hydrogens (primary N) is 1. The van der Waals surface area contributed by atoms with Crippen molar-refractivity contribution in [2.45, 2.75) is 82.8 Å². The minimum Gasteiger partial charge on any atom is -0.465 e. The molecule has 3 fully saturated rings. The topological polar surface area (TPSA) is 138 Å². The van der Waals surface area contributed by atoms with Crippen molar-refractivity contribution in [2.75, 3.05) is 19.7 Å². The number of carbonyl (C=O) groups excluding carboxylic acids is 3. The maximum Gasteiger partial charge on any atom is 0.319 e. The van der Waals surface area contributed by atoms with Crippen LogP contribution in [-0.2, 0) is 25.7 Å². The molecule has 2 aliphatic carbocycles. The van der Waals surface area contributed by atoms with E-state index in [9.17, 15) is 14.4 Å². The van der Waals surface area contributed by atoms with E-state index in [1.165, 1.54) is 19.3 Å². The lowest BCUT2D eigenvalue weighted by Crippen LogP contribution is -2.59. The Morgan fingerprint density at radius 3 is 2.54 bits per heavy atom. The van der Waals surface area contributed by atoms with Gasteiger partial charge in [-0.3, -0.25) is 25.1 Å². The molecular formula is C28H41N5O4. The number of carbonyl (C=O) groups is 3. The van der Waals surface area contributed by atoms with Gasteiger partial charge in [0.15, 0.2) is 0 Å². The first-order valence-electron chi connectivity index (χ1n) is 13.8. The Bertz CT molecular complexity index is 991. The SMILES string of the molecule is CCOC(=O)CN[C@H](CC1CCCCC1)C(=O)N1CCC[C@@H]2C[C@@]21C(=O)NCc1ccc(C(=N)N)cc1. The molecule has 2 amide bonds. The summed E-state index contributed by atoms with van der Waals surface area (Å²) in [6.45, 7) is 2.96. The number of nitrogens with one attached hydrogen (secondary N) is 3. The number of esters is 1. The van der Waals surface area contributed by atoms with Crippen LogP contribution in [0.15, 0.2) is 24.3 Å². The number of amidine groups is 1. The molecule has 9 heteroatoms. The molecule has 2 saturated carbocycles. The highest BCUT2D eigenvalue weighted by Gasteiger charge is 2.66. The lowest BCUT2D eigenvalue weighted by Gasteiger charge is -2.38. The van der Waals surface area contributed by atoms with Crippen LogP contribution in [0.25, 0.3) is 0 Å². The molecule has 1 saturated heterocycles. The summed E-state index contributed by atoms with van der Waals surface area (Å²) in [6, 6.07) is 6.73. The molecule has 0 radical (unpaired) electrons. The van der Waals surface area contributed by atoms with Gasteiger partial charge in [0.1, 0.15) is 11.4 Å². The summed E-state index contributed by atoms with van der Waals surface area (Å²) in [5.41, 5.74) is 6.28. The van der Waals surface area contributed by atoms with Crippen molar-refractivity contribution in [3.63, 3.8) is 0 Å². The van der Waals surface area contributed by atoms with E-state index in [0.29, 0.717) is 44.0 Å². The minimum absolute atomic E-state index is 0.00556. The number of benzene rings is 1. The van der Waals surface area contributed by atoms with Gasteiger partial charge in [0, 0.05) is 18.7 Å². The fourth-order valence-corrected chi connectivity index (χ4v) is 6.16. The number of rotatable bonds is 11. The Morgan fingerprint density at radius 1 is 1.14 bits per heavy atom. The quantitative estimate of drug-likeness (QED) is 0.205. The molecule has 4 rings (SSSR count). The first-order valence-corrected chi connectivity index (χ1v) is 13.8. The van der Waals surface area contributed by atoms with Crippen molar-refractivity contribution in [3.05, 3.63) is 35.4 Å². The number of amides is 2. The summed E-state index contributed by atoms with van der Waals surface area (Å²) in [5.74, 6) is 0.0767. The summed E-state index contributed by atoms with van der Waals surface area (Å²) >= 11 is 0. The number of fused-ring (bicyclic) bond motifs is 1. The molecule has 3 atom stereocenters. The third-order valence-electron chi connectivity index (χ3n) is 8.26. The molecule has 3 aliphatic rings. The van der Waals surface area contributed by atoms with Crippen LogP contribution in [0.4, 0.5) is 0 Å². The lowest BCUT2D eigenvalue weighted by atomic mass is 9.84. The second-order valence-corrected chi connectivity index (χ2v) is 10.7. The number of hydrogen-bond donors (Lipinski definition) is 4. The van der Waals surface area contributed by atoms with Crippen molar-refractivity contribution in [1.29, 1.82) is 5.41 Å². The van der Waals surface area contributed by atoms with E-state index in [4.69, 9.17) is 15.9 Å². The van der Waals surface area contributed by atoms with Gasteiger partial charge in [-0.05, 0) is 50.0 Å². The molecule has 0 bridgehead atoms. The van der Waals surface area contributed by atoms with Crippen LogP contribution in [-0.4, -0.2) is 59.8 Å². The predicted octanol–water partition coefficient (Wildman–Crippen LogP) is 2.46. The summed E-state index contributed by atoms with van der Waals surface area (Å²) in [5, 5.41) is 13.8. The van der Waals surface area contributed by atoms with Crippen molar-refractivity contribution in [3.8, 4) is 0 Å². The van der Waals surface area contributed by atoms with Crippen LogP contribution < -0.4 is 16.4 Å². The molecule has 0 unspecified atom stereocenters. The zero-order chi connectivity index (χ0) is 26.4. The molecule has 1 aromatic rings. The highest BCUT2D eigenvalue weighted by atomic mass is 16.5. The Labute approximate surface area is 219 Å². The molecule has 9 nitrogen and oxygen atoms in total. The molecule has 1 aliphatic heterocycles. The highest BCUT2D eigenvalue weighted by Crippen LogP contribution is 2.54. The van der Waals surface area contributed by atoms with E-state index in [0.717, 1.165) is 31.2 Å². The maximum absolute atomic E-state index is 14.0. The molecule has 37 heavy (non-hydrogen) atoms. The third-order valence-corrected chi connectivity index (χ3v) is 8.26. The average molecular weight is 512 g/mol. The van der Waals surface area contributed by atoms with E-state index in [-0.39, 0.29) is 36.1 Å². The molecule has 202 valence electrons. The Hall–Kier alpha value is -2.94. The van der Waals surface area contributed by atoms with Crippen molar-refractivity contribution in [1.82, 2.24) is 15.5 Å². The second kappa shape index (κ2) is 12.1. The summed E-state index contributed by atoms with van der Waals surface area (Å²) in [6.07, 6.45) is 8.97. The number of likely N-dealkylation sites (tertiary alicyclic amines) is 1. The maximum atomic E-state index is 14.0. The molecule has 5 N–H and O–H groups in total. The number of nitrogen functional groups attached to an aromatic ring is 1. The number of hydrogen-bond acceptors (Lipinski definition) is 6. The van der Waals surface area contributed by atoms with Crippen LogP contribution in [0.1, 0.15) is 75.8 Å². The van der Waals surface area contributed by atoms with Crippen molar-refractivity contribution < 1.29 is 19.1 Å².